The second-order valence-corrected chi connectivity index (χ2v) is 5.29. The highest BCUT2D eigenvalue weighted by atomic mass is 35.5. The van der Waals surface area contributed by atoms with Gasteiger partial charge in [-0.05, 0) is 37.3 Å². The van der Waals surface area contributed by atoms with Crippen LogP contribution in [0.25, 0.3) is 0 Å². The average Bonchev–Trinajstić information content (AvgIpc) is 2.43. The van der Waals surface area contributed by atoms with E-state index in [1.165, 1.54) is 0 Å². The van der Waals surface area contributed by atoms with E-state index < -0.39 is 11.5 Å². The summed E-state index contributed by atoms with van der Waals surface area (Å²) in [6.45, 7) is 2.09. The Balaban J connectivity index is 2.38. The zero-order chi connectivity index (χ0) is 13.9. The van der Waals surface area contributed by atoms with E-state index in [1.54, 1.807) is 6.92 Å². The van der Waals surface area contributed by atoms with E-state index in [4.69, 9.17) is 16.3 Å². The summed E-state index contributed by atoms with van der Waals surface area (Å²) in [7, 11) is 0. The molecule has 1 aromatic carbocycles. The molecule has 0 heterocycles. The van der Waals surface area contributed by atoms with Crippen LogP contribution < -0.4 is 0 Å². The number of esters is 1. The maximum Gasteiger partial charge on any atom is 0.315 e. The van der Waals surface area contributed by atoms with Gasteiger partial charge < -0.3 is 9.84 Å². The number of ether oxygens (including phenoxy) is 1. The summed E-state index contributed by atoms with van der Waals surface area (Å²) >= 11 is 5.84. The fourth-order valence-electron chi connectivity index (χ4n) is 2.84. The number of benzene rings is 1. The van der Waals surface area contributed by atoms with Crippen molar-refractivity contribution in [3.63, 3.8) is 0 Å². The zero-order valence-corrected chi connectivity index (χ0v) is 11.8. The Labute approximate surface area is 118 Å². The zero-order valence-electron chi connectivity index (χ0n) is 11.1. The van der Waals surface area contributed by atoms with Crippen molar-refractivity contribution in [1.29, 1.82) is 0 Å². The highest BCUT2D eigenvalue weighted by Crippen LogP contribution is 2.47. The predicted molar refractivity (Wildman–Crippen MR) is 74.1 cm³/mol. The smallest absolute Gasteiger partial charge is 0.315 e. The molecule has 2 atom stereocenters. The molecular weight excluding hydrogens is 264 g/mol. The highest BCUT2D eigenvalue weighted by molar-refractivity contribution is 6.18. The van der Waals surface area contributed by atoms with Crippen molar-refractivity contribution in [1.82, 2.24) is 0 Å². The molecule has 2 rings (SSSR count). The van der Waals surface area contributed by atoms with Crippen LogP contribution in [-0.2, 0) is 16.0 Å². The Morgan fingerprint density at radius 1 is 1.53 bits per heavy atom. The first-order chi connectivity index (χ1) is 9.15. The summed E-state index contributed by atoms with van der Waals surface area (Å²) in [6, 6.07) is 7.70. The van der Waals surface area contributed by atoms with Gasteiger partial charge in [0.2, 0.25) is 0 Å². The molecule has 0 saturated heterocycles. The summed E-state index contributed by atoms with van der Waals surface area (Å²) in [5.74, 6) is -0.00412. The highest BCUT2D eigenvalue weighted by Gasteiger charge is 2.49. The predicted octanol–water partition coefficient (Wildman–Crippen LogP) is 2.84. The minimum atomic E-state index is -0.897. The molecule has 0 bridgehead atoms. The molecule has 0 amide bonds. The molecule has 0 aromatic heterocycles. The van der Waals surface area contributed by atoms with Crippen LogP contribution in [0.4, 0.5) is 0 Å². The van der Waals surface area contributed by atoms with Crippen molar-refractivity contribution < 1.29 is 14.6 Å². The van der Waals surface area contributed by atoms with Crippen molar-refractivity contribution in [2.75, 3.05) is 12.5 Å². The van der Waals surface area contributed by atoms with Crippen LogP contribution in [0.15, 0.2) is 24.3 Å². The van der Waals surface area contributed by atoms with Crippen molar-refractivity contribution in [2.24, 2.45) is 5.41 Å². The largest absolute Gasteiger partial charge is 0.465 e. The molecule has 2 unspecified atom stereocenters. The molecule has 1 aliphatic carbocycles. The topological polar surface area (TPSA) is 46.5 Å². The number of aliphatic hydroxyl groups excluding tert-OH is 1. The van der Waals surface area contributed by atoms with Crippen LogP contribution in [0.5, 0.6) is 0 Å². The quantitative estimate of drug-likeness (QED) is 0.682. The number of halogens is 1. The first-order valence-corrected chi connectivity index (χ1v) is 7.18. The normalized spacial score (nSPS) is 25.7. The maximum absolute atomic E-state index is 12.3. The van der Waals surface area contributed by atoms with Gasteiger partial charge in [-0.3, -0.25) is 4.79 Å². The minimum Gasteiger partial charge on any atom is -0.465 e. The molecular formula is C15H19ClO3. The number of aryl methyl sites for hydroxylation is 1. The Morgan fingerprint density at radius 3 is 2.95 bits per heavy atom. The molecule has 4 heteroatoms. The maximum atomic E-state index is 12.3. The van der Waals surface area contributed by atoms with Gasteiger partial charge >= 0.3 is 5.97 Å². The lowest BCUT2D eigenvalue weighted by molar-refractivity contribution is -0.165. The number of fused-ring (bicyclic) bond motifs is 1. The van der Waals surface area contributed by atoms with Gasteiger partial charge in [-0.2, -0.15) is 0 Å². The van der Waals surface area contributed by atoms with Crippen LogP contribution >= 0.6 is 11.6 Å². The van der Waals surface area contributed by atoms with Gasteiger partial charge in [0.25, 0.3) is 0 Å². The SMILES string of the molecule is CCOC(=O)C1(CCCl)CCc2ccccc2C1O. The van der Waals surface area contributed by atoms with Crippen LogP contribution in [-0.4, -0.2) is 23.6 Å². The van der Waals surface area contributed by atoms with E-state index >= 15 is 0 Å². The van der Waals surface area contributed by atoms with Gasteiger partial charge in [0.05, 0.1) is 18.1 Å². The molecule has 19 heavy (non-hydrogen) atoms. The number of carbonyl (C=O) groups excluding carboxylic acids is 1. The Hall–Kier alpha value is -1.06. The minimum absolute atomic E-state index is 0.317. The van der Waals surface area contributed by atoms with Crippen molar-refractivity contribution in [2.45, 2.75) is 32.3 Å². The van der Waals surface area contributed by atoms with E-state index in [-0.39, 0.29) is 5.97 Å². The molecule has 104 valence electrons. The Morgan fingerprint density at radius 2 is 2.26 bits per heavy atom. The van der Waals surface area contributed by atoms with Crippen LogP contribution in [0.2, 0.25) is 0 Å². The molecule has 1 aliphatic rings. The molecule has 1 aromatic rings. The third-order valence-corrected chi connectivity index (χ3v) is 4.13. The number of hydrogen-bond donors (Lipinski definition) is 1. The third-order valence-electron chi connectivity index (χ3n) is 3.94. The van der Waals surface area contributed by atoms with E-state index in [0.717, 1.165) is 17.5 Å². The fourth-order valence-corrected chi connectivity index (χ4v) is 3.18. The van der Waals surface area contributed by atoms with Gasteiger partial charge in [0.15, 0.2) is 0 Å². The lowest BCUT2D eigenvalue weighted by Gasteiger charge is -2.40. The number of rotatable bonds is 4. The summed E-state index contributed by atoms with van der Waals surface area (Å²) in [6.07, 6.45) is 0.943. The molecule has 0 aliphatic heterocycles. The van der Waals surface area contributed by atoms with Gasteiger partial charge in [-0.25, -0.2) is 0 Å². The first kappa shape index (κ1) is 14.4. The summed E-state index contributed by atoms with van der Waals surface area (Å²) in [4.78, 5) is 12.3. The fraction of sp³-hybridized carbons (Fsp3) is 0.533. The molecule has 0 spiro atoms. The van der Waals surface area contributed by atoms with E-state index in [0.29, 0.717) is 25.3 Å². The second-order valence-electron chi connectivity index (χ2n) is 4.92. The van der Waals surface area contributed by atoms with Crippen LogP contribution in [0.3, 0.4) is 0 Å². The van der Waals surface area contributed by atoms with Crippen LogP contribution in [0, 0.1) is 5.41 Å². The molecule has 0 saturated carbocycles. The number of carbonyl (C=O) groups is 1. The lowest BCUT2D eigenvalue weighted by atomic mass is 9.67. The number of alkyl halides is 1. The molecule has 3 nitrogen and oxygen atoms in total. The van der Waals surface area contributed by atoms with Crippen molar-refractivity contribution >= 4 is 17.6 Å². The summed E-state index contributed by atoms with van der Waals surface area (Å²) in [5, 5.41) is 10.6. The van der Waals surface area contributed by atoms with Crippen molar-refractivity contribution in [3.05, 3.63) is 35.4 Å². The van der Waals surface area contributed by atoms with E-state index in [9.17, 15) is 9.90 Å². The first-order valence-electron chi connectivity index (χ1n) is 6.64. The number of hydrogen-bond acceptors (Lipinski definition) is 3. The van der Waals surface area contributed by atoms with Gasteiger partial charge in [-0.1, -0.05) is 24.3 Å². The lowest BCUT2D eigenvalue weighted by Crippen LogP contribution is -2.42. The molecule has 0 radical (unpaired) electrons. The summed E-state index contributed by atoms with van der Waals surface area (Å²) < 4.78 is 5.17. The third kappa shape index (κ3) is 2.49. The summed E-state index contributed by atoms with van der Waals surface area (Å²) in [5.41, 5.74) is 1.03. The standard InChI is InChI=1S/C15H19ClO3/c1-2-19-14(18)15(9-10-16)8-7-11-5-3-4-6-12(11)13(15)17/h3-6,13,17H,2,7-10H2,1H3. The number of aliphatic hydroxyl groups is 1. The second kappa shape index (κ2) is 5.93. The monoisotopic (exact) mass is 282 g/mol. The van der Waals surface area contributed by atoms with E-state index in [1.807, 2.05) is 24.3 Å². The van der Waals surface area contributed by atoms with E-state index in [2.05, 4.69) is 0 Å². The molecule has 0 fully saturated rings. The average molecular weight is 283 g/mol. The molecule has 1 N–H and O–H groups in total. The van der Waals surface area contributed by atoms with Gasteiger partial charge in [-0.15, -0.1) is 11.6 Å². The van der Waals surface area contributed by atoms with Crippen LogP contribution in [0.1, 0.15) is 37.0 Å². The van der Waals surface area contributed by atoms with Crippen molar-refractivity contribution in [3.8, 4) is 0 Å². The Kier molecular flexibility index (Phi) is 4.48. The van der Waals surface area contributed by atoms with Gasteiger partial charge in [0.1, 0.15) is 0 Å². The Bertz CT molecular complexity index is 460. The van der Waals surface area contributed by atoms with Gasteiger partial charge in [0, 0.05) is 5.88 Å².